The Morgan fingerprint density at radius 2 is 1.82 bits per heavy atom. The maximum atomic E-state index is 9.40. The number of ether oxygens (including phenoxy) is 1. The number of aromatic hydroxyl groups is 2. The lowest BCUT2D eigenvalue weighted by Gasteiger charge is -2.09. The topological polar surface area (TPSA) is 75.7 Å². The number of benzene rings is 2. The normalized spacial score (nSPS) is 10.1. The summed E-state index contributed by atoms with van der Waals surface area (Å²) in [5.74, 6) is 0.613. The molecule has 0 bridgehead atoms. The molecule has 0 unspecified atom stereocenters. The molecule has 17 heavy (non-hydrogen) atoms. The molecule has 0 saturated heterocycles. The first-order chi connectivity index (χ1) is 8.16. The van der Waals surface area contributed by atoms with E-state index in [1.807, 2.05) is 6.07 Å². The molecule has 2 aromatic rings. The van der Waals surface area contributed by atoms with Gasteiger partial charge >= 0.3 is 0 Å². The number of hydrogen-bond donors (Lipinski definition) is 3. The Morgan fingerprint density at radius 1 is 1.06 bits per heavy atom. The highest BCUT2D eigenvalue weighted by molar-refractivity contribution is 5.61. The van der Waals surface area contributed by atoms with Crippen LogP contribution in [0.3, 0.4) is 0 Å². The van der Waals surface area contributed by atoms with Crippen LogP contribution in [-0.2, 0) is 6.61 Å². The minimum absolute atomic E-state index is 0.00147. The molecule has 0 radical (unpaired) electrons. The summed E-state index contributed by atoms with van der Waals surface area (Å²) in [6.07, 6.45) is 0. The summed E-state index contributed by atoms with van der Waals surface area (Å²) >= 11 is 0. The van der Waals surface area contributed by atoms with Crippen molar-refractivity contribution in [2.24, 2.45) is 0 Å². The highest BCUT2D eigenvalue weighted by Gasteiger charge is 2.04. The van der Waals surface area contributed by atoms with Gasteiger partial charge in [0, 0.05) is 0 Å². The molecule has 0 aliphatic heterocycles. The molecule has 0 atom stereocenters. The van der Waals surface area contributed by atoms with Gasteiger partial charge in [0.05, 0.1) is 0 Å². The van der Waals surface area contributed by atoms with Crippen LogP contribution in [0, 0.1) is 0 Å². The summed E-state index contributed by atoms with van der Waals surface area (Å²) in [4.78, 5) is 0. The fourth-order valence-electron chi connectivity index (χ4n) is 1.47. The molecule has 2 rings (SSSR count). The smallest absolute Gasteiger partial charge is 0.146 e. The Labute approximate surface area is 98.9 Å². The molecule has 0 heterocycles. The summed E-state index contributed by atoms with van der Waals surface area (Å²) < 4.78 is 5.46. The van der Waals surface area contributed by atoms with Crippen molar-refractivity contribution in [3.05, 3.63) is 48.0 Å². The average Bonchev–Trinajstić information content (AvgIpc) is 2.31. The lowest BCUT2D eigenvalue weighted by molar-refractivity contribution is 0.305. The van der Waals surface area contributed by atoms with Gasteiger partial charge in [-0.25, -0.2) is 0 Å². The molecule has 4 nitrogen and oxygen atoms in total. The number of rotatable bonds is 3. The zero-order valence-electron chi connectivity index (χ0n) is 9.13. The second-order valence-corrected chi connectivity index (χ2v) is 3.65. The Kier molecular flexibility index (Phi) is 3.05. The first-order valence-corrected chi connectivity index (χ1v) is 5.15. The number of hydrogen-bond acceptors (Lipinski definition) is 4. The molecule has 88 valence electrons. The van der Waals surface area contributed by atoms with Crippen molar-refractivity contribution in [2.75, 3.05) is 5.73 Å². The molecule has 4 N–H and O–H groups in total. The van der Waals surface area contributed by atoms with Gasteiger partial charge < -0.3 is 20.7 Å². The quantitative estimate of drug-likeness (QED) is 0.559. The second-order valence-electron chi connectivity index (χ2n) is 3.65. The van der Waals surface area contributed by atoms with Crippen LogP contribution in [0.5, 0.6) is 17.2 Å². The molecule has 0 spiro atoms. The monoisotopic (exact) mass is 231 g/mol. The van der Waals surface area contributed by atoms with E-state index in [1.165, 1.54) is 6.07 Å². The Balaban J connectivity index is 2.10. The predicted molar refractivity (Wildman–Crippen MR) is 65.0 cm³/mol. The van der Waals surface area contributed by atoms with Crippen LogP contribution >= 0.6 is 0 Å². The van der Waals surface area contributed by atoms with Crippen molar-refractivity contribution in [3.8, 4) is 17.2 Å². The highest BCUT2D eigenvalue weighted by Crippen LogP contribution is 2.30. The summed E-state index contributed by atoms with van der Waals surface area (Å²) in [5, 5.41) is 18.7. The minimum Gasteiger partial charge on any atom is -0.508 e. The lowest BCUT2D eigenvalue weighted by atomic mass is 10.2. The summed E-state index contributed by atoms with van der Waals surface area (Å²) in [6.45, 7) is 0.280. The van der Waals surface area contributed by atoms with Crippen LogP contribution in [0.15, 0.2) is 42.5 Å². The molecule has 0 fully saturated rings. The molecule has 0 amide bonds. The van der Waals surface area contributed by atoms with E-state index in [2.05, 4.69) is 0 Å². The number of para-hydroxylation sites is 1. The first kappa shape index (κ1) is 11.1. The molecule has 0 aliphatic carbocycles. The van der Waals surface area contributed by atoms with Crippen LogP contribution in [-0.4, -0.2) is 10.2 Å². The van der Waals surface area contributed by atoms with Crippen LogP contribution < -0.4 is 10.5 Å². The molecule has 0 aromatic heterocycles. The minimum atomic E-state index is -0.00147. The van der Waals surface area contributed by atoms with E-state index in [0.29, 0.717) is 5.75 Å². The van der Waals surface area contributed by atoms with Crippen molar-refractivity contribution in [1.29, 1.82) is 0 Å². The van der Waals surface area contributed by atoms with Gasteiger partial charge in [-0.05, 0) is 29.8 Å². The summed E-state index contributed by atoms with van der Waals surface area (Å²) in [6, 6.07) is 11.6. The number of nitrogen functional groups attached to an aromatic ring is 1. The number of nitrogens with two attached hydrogens (primary N) is 1. The van der Waals surface area contributed by atoms with Crippen LogP contribution in [0.4, 0.5) is 5.69 Å². The largest absolute Gasteiger partial charge is 0.508 e. The SMILES string of the molecule is Nc1c(O)cccc1OCc1cccc(O)c1. The van der Waals surface area contributed by atoms with Gasteiger partial charge in [-0.2, -0.15) is 0 Å². The van der Waals surface area contributed by atoms with Gasteiger partial charge in [0.25, 0.3) is 0 Å². The third-order valence-electron chi connectivity index (χ3n) is 2.35. The third-order valence-corrected chi connectivity index (χ3v) is 2.35. The van der Waals surface area contributed by atoms with Crippen molar-refractivity contribution in [3.63, 3.8) is 0 Å². The molecule has 2 aromatic carbocycles. The van der Waals surface area contributed by atoms with Gasteiger partial charge in [0.1, 0.15) is 29.5 Å². The van der Waals surface area contributed by atoms with E-state index in [0.717, 1.165) is 5.56 Å². The van der Waals surface area contributed by atoms with E-state index in [4.69, 9.17) is 10.5 Å². The fraction of sp³-hybridized carbons (Fsp3) is 0.0769. The van der Waals surface area contributed by atoms with Gasteiger partial charge in [-0.3, -0.25) is 0 Å². The van der Waals surface area contributed by atoms with Crippen LogP contribution in [0.2, 0.25) is 0 Å². The van der Waals surface area contributed by atoms with Crippen molar-refractivity contribution >= 4 is 5.69 Å². The van der Waals surface area contributed by atoms with Crippen LogP contribution in [0.25, 0.3) is 0 Å². The molecule has 0 aliphatic rings. The maximum Gasteiger partial charge on any atom is 0.146 e. The number of anilines is 1. The van der Waals surface area contributed by atoms with Crippen molar-refractivity contribution < 1.29 is 14.9 Å². The van der Waals surface area contributed by atoms with Crippen LogP contribution in [0.1, 0.15) is 5.56 Å². The third kappa shape index (κ3) is 2.60. The molecular weight excluding hydrogens is 218 g/mol. The Bertz CT molecular complexity index is 526. The van der Waals surface area contributed by atoms with Gasteiger partial charge in [0.2, 0.25) is 0 Å². The molecular formula is C13H13NO3. The zero-order valence-corrected chi connectivity index (χ0v) is 9.13. The Hall–Kier alpha value is -2.36. The van der Waals surface area contributed by atoms with Gasteiger partial charge in [0.15, 0.2) is 0 Å². The van der Waals surface area contributed by atoms with E-state index in [9.17, 15) is 10.2 Å². The van der Waals surface area contributed by atoms with Crippen molar-refractivity contribution in [2.45, 2.75) is 6.61 Å². The molecule has 0 saturated carbocycles. The average molecular weight is 231 g/mol. The summed E-state index contributed by atoms with van der Waals surface area (Å²) in [5.41, 5.74) is 6.69. The first-order valence-electron chi connectivity index (χ1n) is 5.15. The Morgan fingerprint density at radius 3 is 2.59 bits per heavy atom. The maximum absolute atomic E-state index is 9.40. The van der Waals surface area contributed by atoms with Crippen molar-refractivity contribution in [1.82, 2.24) is 0 Å². The van der Waals surface area contributed by atoms with Gasteiger partial charge in [-0.1, -0.05) is 18.2 Å². The van der Waals surface area contributed by atoms with Gasteiger partial charge in [-0.15, -0.1) is 0 Å². The molecule has 4 heteroatoms. The van der Waals surface area contributed by atoms with E-state index in [1.54, 1.807) is 30.3 Å². The fourth-order valence-corrected chi connectivity index (χ4v) is 1.47. The summed E-state index contributed by atoms with van der Waals surface area (Å²) in [7, 11) is 0. The lowest BCUT2D eigenvalue weighted by Crippen LogP contribution is -1.98. The second kappa shape index (κ2) is 4.65. The van der Waals surface area contributed by atoms with E-state index in [-0.39, 0.29) is 23.8 Å². The zero-order chi connectivity index (χ0) is 12.3. The predicted octanol–water partition coefficient (Wildman–Crippen LogP) is 2.26. The number of phenolic OH excluding ortho intramolecular Hbond substituents is 2. The van der Waals surface area contributed by atoms with E-state index >= 15 is 0 Å². The highest BCUT2D eigenvalue weighted by atomic mass is 16.5. The standard InChI is InChI=1S/C13H13NO3/c14-13-11(16)5-2-6-12(13)17-8-9-3-1-4-10(15)7-9/h1-7,15-16H,8,14H2. The number of phenols is 2. The van der Waals surface area contributed by atoms with E-state index < -0.39 is 0 Å².